The summed E-state index contributed by atoms with van der Waals surface area (Å²) in [5.41, 5.74) is 2.79. The van der Waals surface area contributed by atoms with Crippen molar-refractivity contribution in [2.45, 2.75) is 6.54 Å². The third kappa shape index (κ3) is 3.76. The van der Waals surface area contributed by atoms with Gasteiger partial charge in [-0.05, 0) is 35.4 Å². The van der Waals surface area contributed by atoms with Crippen LogP contribution in [0.15, 0.2) is 60.9 Å². The zero-order chi connectivity index (χ0) is 16.8. The predicted molar refractivity (Wildman–Crippen MR) is 93.4 cm³/mol. The average molecular weight is 319 g/mol. The molecule has 0 fully saturated rings. The first-order chi connectivity index (χ1) is 11.8. The maximum atomic E-state index is 12.0. The zero-order valence-corrected chi connectivity index (χ0v) is 13.3. The van der Waals surface area contributed by atoms with Crippen LogP contribution in [0.2, 0.25) is 0 Å². The molecule has 2 heterocycles. The molecule has 0 unspecified atom stereocenters. The van der Waals surface area contributed by atoms with Crippen LogP contribution >= 0.6 is 0 Å². The van der Waals surface area contributed by atoms with Gasteiger partial charge >= 0.3 is 0 Å². The quantitative estimate of drug-likeness (QED) is 0.734. The molecule has 5 nitrogen and oxygen atoms in total. The van der Waals surface area contributed by atoms with Gasteiger partial charge in [-0.2, -0.15) is 0 Å². The number of nitrogens with zero attached hydrogens (tertiary/aromatic N) is 2. The second kappa shape index (κ2) is 7.37. The molecule has 24 heavy (non-hydrogen) atoms. The van der Waals surface area contributed by atoms with E-state index in [9.17, 15) is 4.79 Å². The van der Waals surface area contributed by atoms with Crippen LogP contribution in [0.5, 0.6) is 5.88 Å². The minimum absolute atomic E-state index is 0.160. The standard InChI is InChI=1S/C19H17N3O2/c1-24-19-12-14(8-10-21-19)13-22-18(23)7-6-15-9-11-20-17-5-3-2-4-16(15)17/h2-12H,13H2,1H3,(H,22,23). The molecule has 0 saturated carbocycles. The van der Waals surface area contributed by atoms with E-state index in [0.29, 0.717) is 12.4 Å². The molecule has 120 valence electrons. The van der Waals surface area contributed by atoms with E-state index in [2.05, 4.69) is 15.3 Å². The van der Waals surface area contributed by atoms with Crippen molar-refractivity contribution < 1.29 is 9.53 Å². The van der Waals surface area contributed by atoms with E-state index in [4.69, 9.17) is 4.74 Å². The van der Waals surface area contributed by atoms with Crippen molar-refractivity contribution in [3.63, 3.8) is 0 Å². The molecule has 0 aliphatic rings. The van der Waals surface area contributed by atoms with Gasteiger partial charge in [-0.15, -0.1) is 0 Å². The number of para-hydroxylation sites is 1. The van der Waals surface area contributed by atoms with E-state index < -0.39 is 0 Å². The van der Waals surface area contributed by atoms with Crippen LogP contribution in [0.25, 0.3) is 17.0 Å². The van der Waals surface area contributed by atoms with Crippen LogP contribution in [0, 0.1) is 0 Å². The number of benzene rings is 1. The summed E-state index contributed by atoms with van der Waals surface area (Å²) in [5, 5.41) is 3.86. The Balaban J connectivity index is 1.66. The molecule has 0 aliphatic carbocycles. The van der Waals surface area contributed by atoms with E-state index in [0.717, 1.165) is 22.0 Å². The lowest BCUT2D eigenvalue weighted by atomic mass is 10.1. The molecule has 0 spiro atoms. The fraction of sp³-hybridized carbons (Fsp3) is 0.105. The monoisotopic (exact) mass is 319 g/mol. The molecule has 0 aliphatic heterocycles. The lowest BCUT2D eigenvalue weighted by Crippen LogP contribution is -2.20. The first kappa shape index (κ1) is 15.7. The highest BCUT2D eigenvalue weighted by Gasteiger charge is 2.01. The van der Waals surface area contributed by atoms with Gasteiger partial charge in [0.2, 0.25) is 11.8 Å². The molecule has 5 heteroatoms. The Kier molecular flexibility index (Phi) is 4.81. The maximum Gasteiger partial charge on any atom is 0.244 e. The van der Waals surface area contributed by atoms with Gasteiger partial charge in [0.15, 0.2) is 0 Å². The predicted octanol–water partition coefficient (Wildman–Crippen LogP) is 2.97. The topological polar surface area (TPSA) is 64.1 Å². The number of amides is 1. The van der Waals surface area contributed by atoms with Crippen LogP contribution in [-0.2, 0) is 11.3 Å². The molecule has 1 N–H and O–H groups in total. The third-order valence-corrected chi connectivity index (χ3v) is 3.57. The lowest BCUT2D eigenvalue weighted by molar-refractivity contribution is -0.116. The van der Waals surface area contributed by atoms with Gasteiger partial charge < -0.3 is 10.1 Å². The zero-order valence-electron chi connectivity index (χ0n) is 13.3. The van der Waals surface area contributed by atoms with E-state index in [1.54, 1.807) is 31.6 Å². The Morgan fingerprint density at radius 3 is 2.88 bits per heavy atom. The van der Waals surface area contributed by atoms with Gasteiger partial charge in [0, 0.05) is 36.5 Å². The summed E-state index contributed by atoms with van der Waals surface area (Å²) >= 11 is 0. The van der Waals surface area contributed by atoms with Crippen LogP contribution in [0.4, 0.5) is 0 Å². The first-order valence-electron chi connectivity index (χ1n) is 7.55. The van der Waals surface area contributed by atoms with Crippen molar-refractivity contribution in [2.24, 2.45) is 0 Å². The van der Waals surface area contributed by atoms with E-state index in [-0.39, 0.29) is 5.91 Å². The van der Waals surface area contributed by atoms with Gasteiger partial charge in [-0.1, -0.05) is 18.2 Å². The normalized spacial score (nSPS) is 10.9. The highest BCUT2D eigenvalue weighted by atomic mass is 16.5. The number of carbonyl (C=O) groups excluding carboxylic acids is 1. The molecule has 0 radical (unpaired) electrons. The van der Waals surface area contributed by atoms with E-state index >= 15 is 0 Å². The molecule has 1 aromatic carbocycles. The largest absolute Gasteiger partial charge is 0.481 e. The Bertz CT molecular complexity index is 885. The van der Waals surface area contributed by atoms with Gasteiger partial charge in [0.05, 0.1) is 12.6 Å². The summed E-state index contributed by atoms with van der Waals surface area (Å²) in [7, 11) is 1.56. The molecule has 0 bridgehead atoms. The van der Waals surface area contributed by atoms with E-state index in [1.807, 2.05) is 36.4 Å². The Hall–Kier alpha value is -3.21. The maximum absolute atomic E-state index is 12.0. The van der Waals surface area contributed by atoms with Crippen LogP contribution in [0.1, 0.15) is 11.1 Å². The van der Waals surface area contributed by atoms with Crippen LogP contribution < -0.4 is 10.1 Å². The second-order valence-corrected chi connectivity index (χ2v) is 5.17. The van der Waals surface area contributed by atoms with Crippen molar-refractivity contribution in [2.75, 3.05) is 7.11 Å². The van der Waals surface area contributed by atoms with Crippen LogP contribution in [0.3, 0.4) is 0 Å². The Morgan fingerprint density at radius 1 is 1.17 bits per heavy atom. The third-order valence-electron chi connectivity index (χ3n) is 3.57. The molecule has 1 amide bonds. The Labute approximate surface area is 140 Å². The highest BCUT2D eigenvalue weighted by Crippen LogP contribution is 2.17. The summed E-state index contributed by atoms with van der Waals surface area (Å²) in [5.74, 6) is 0.368. The minimum atomic E-state index is -0.160. The number of hydrogen-bond acceptors (Lipinski definition) is 4. The highest BCUT2D eigenvalue weighted by molar-refractivity contribution is 5.95. The summed E-state index contributed by atoms with van der Waals surface area (Å²) in [6, 6.07) is 13.4. The lowest BCUT2D eigenvalue weighted by Gasteiger charge is -2.04. The number of pyridine rings is 2. The van der Waals surface area contributed by atoms with Crippen molar-refractivity contribution in [3.8, 4) is 5.88 Å². The number of methoxy groups -OCH3 is 1. The minimum Gasteiger partial charge on any atom is -0.481 e. The SMILES string of the molecule is COc1cc(CNC(=O)C=Cc2ccnc3ccccc23)ccn1. The number of ether oxygens (including phenoxy) is 1. The van der Waals surface area contributed by atoms with Crippen molar-refractivity contribution in [3.05, 3.63) is 72.1 Å². The molecule has 0 atom stereocenters. The summed E-state index contributed by atoms with van der Waals surface area (Å²) in [6.45, 7) is 0.416. The average Bonchev–Trinajstić information content (AvgIpc) is 2.64. The van der Waals surface area contributed by atoms with Gasteiger partial charge in [0.1, 0.15) is 0 Å². The summed E-state index contributed by atoms with van der Waals surface area (Å²) in [6.07, 6.45) is 6.72. The van der Waals surface area contributed by atoms with Crippen molar-refractivity contribution >= 4 is 22.9 Å². The van der Waals surface area contributed by atoms with Crippen LogP contribution in [-0.4, -0.2) is 23.0 Å². The number of aromatic nitrogens is 2. The van der Waals surface area contributed by atoms with Gasteiger partial charge in [-0.3, -0.25) is 9.78 Å². The number of hydrogen-bond donors (Lipinski definition) is 1. The summed E-state index contributed by atoms with van der Waals surface area (Å²) < 4.78 is 5.06. The fourth-order valence-electron chi connectivity index (χ4n) is 2.35. The first-order valence-corrected chi connectivity index (χ1v) is 7.55. The number of nitrogens with one attached hydrogen (secondary N) is 1. The number of fused-ring (bicyclic) bond motifs is 1. The second-order valence-electron chi connectivity index (χ2n) is 5.17. The Morgan fingerprint density at radius 2 is 2.00 bits per heavy atom. The number of carbonyl (C=O) groups is 1. The molecule has 2 aromatic heterocycles. The summed E-state index contributed by atoms with van der Waals surface area (Å²) in [4.78, 5) is 20.4. The number of rotatable bonds is 5. The molecule has 0 saturated heterocycles. The van der Waals surface area contributed by atoms with E-state index in [1.165, 1.54) is 6.08 Å². The molecule has 3 rings (SSSR count). The fourth-order valence-corrected chi connectivity index (χ4v) is 2.35. The molecular formula is C19H17N3O2. The molecular weight excluding hydrogens is 302 g/mol. The van der Waals surface area contributed by atoms with Crippen molar-refractivity contribution in [1.29, 1.82) is 0 Å². The van der Waals surface area contributed by atoms with Crippen molar-refractivity contribution in [1.82, 2.24) is 15.3 Å². The van der Waals surface area contributed by atoms with Gasteiger partial charge in [-0.25, -0.2) is 4.98 Å². The van der Waals surface area contributed by atoms with Gasteiger partial charge in [0.25, 0.3) is 0 Å². The smallest absolute Gasteiger partial charge is 0.244 e. The molecule has 3 aromatic rings.